The molecule has 0 aliphatic rings. The van der Waals surface area contributed by atoms with E-state index in [0.29, 0.717) is 23.0 Å². The highest BCUT2D eigenvalue weighted by molar-refractivity contribution is 6.31. The summed E-state index contributed by atoms with van der Waals surface area (Å²) < 4.78 is 20.8. The summed E-state index contributed by atoms with van der Waals surface area (Å²) in [4.78, 5) is 3.78. The molecule has 2 aromatic carbocycles. The lowest BCUT2D eigenvalue weighted by Crippen LogP contribution is -2.05. The molecule has 6 heteroatoms. The first-order valence-electron chi connectivity index (χ1n) is 8.77. The van der Waals surface area contributed by atoms with Crippen LogP contribution in [-0.4, -0.2) is 21.8 Å². The minimum absolute atomic E-state index is 0.186. The molecule has 0 aliphatic carbocycles. The zero-order valence-electron chi connectivity index (χ0n) is 15.2. The minimum atomic E-state index is -0.549. The maximum Gasteiger partial charge on any atom is 0.212 e. The first kappa shape index (κ1) is 18.5. The molecule has 4 nitrogen and oxygen atoms in total. The fraction of sp³-hybridized carbons (Fsp3) is 0.136. The van der Waals surface area contributed by atoms with E-state index in [1.165, 1.54) is 12.3 Å². The molecule has 28 heavy (non-hydrogen) atoms. The van der Waals surface area contributed by atoms with Crippen molar-refractivity contribution in [3.05, 3.63) is 83.0 Å². The molecular formula is C22H18ClFN2O2. The van der Waals surface area contributed by atoms with Crippen molar-refractivity contribution < 1.29 is 14.2 Å². The van der Waals surface area contributed by atoms with Crippen molar-refractivity contribution >= 4 is 22.5 Å². The van der Waals surface area contributed by atoms with E-state index in [0.717, 1.165) is 27.6 Å². The molecule has 142 valence electrons. The highest BCUT2D eigenvalue weighted by Gasteiger charge is 2.20. The Morgan fingerprint density at radius 1 is 1.14 bits per heavy atom. The van der Waals surface area contributed by atoms with E-state index in [1.54, 1.807) is 13.2 Å². The van der Waals surface area contributed by atoms with Gasteiger partial charge in [0.05, 0.1) is 19.4 Å². The van der Waals surface area contributed by atoms with Gasteiger partial charge in [0.15, 0.2) is 0 Å². The standard InChI is InChI=1S/C22H18ClFN2O2/c1-28-16-7-8-19-17(10-16)22(14-6-9-21(24)25-11-14)20(13-27)26(19)12-15-4-2-3-5-18(15)23/h2-11,27H,12-13H2,1H3. The van der Waals surface area contributed by atoms with Gasteiger partial charge in [0.1, 0.15) is 5.75 Å². The molecule has 0 atom stereocenters. The lowest BCUT2D eigenvalue weighted by Gasteiger charge is -2.12. The summed E-state index contributed by atoms with van der Waals surface area (Å²) in [5, 5.41) is 11.8. The normalized spacial score (nSPS) is 11.1. The molecule has 0 amide bonds. The zero-order valence-corrected chi connectivity index (χ0v) is 15.9. The van der Waals surface area contributed by atoms with E-state index in [-0.39, 0.29) is 6.61 Å². The lowest BCUT2D eigenvalue weighted by atomic mass is 10.0. The van der Waals surface area contributed by atoms with E-state index >= 15 is 0 Å². The van der Waals surface area contributed by atoms with Gasteiger partial charge < -0.3 is 14.4 Å². The van der Waals surface area contributed by atoms with Crippen molar-refractivity contribution in [1.29, 1.82) is 0 Å². The number of benzene rings is 2. The molecule has 2 heterocycles. The molecule has 0 unspecified atom stereocenters. The first-order chi connectivity index (χ1) is 13.6. The van der Waals surface area contributed by atoms with Crippen LogP contribution in [0, 0.1) is 5.95 Å². The largest absolute Gasteiger partial charge is 0.497 e. The average Bonchev–Trinajstić information content (AvgIpc) is 3.02. The molecule has 2 aromatic heterocycles. The number of hydrogen-bond donors (Lipinski definition) is 1. The molecule has 0 saturated carbocycles. The number of methoxy groups -OCH3 is 1. The van der Waals surface area contributed by atoms with Gasteiger partial charge in [-0.15, -0.1) is 0 Å². The Labute approximate surface area is 166 Å². The van der Waals surface area contributed by atoms with Crippen molar-refractivity contribution in [2.45, 2.75) is 13.2 Å². The number of aliphatic hydroxyl groups excluding tert-OH is 1. The number of hydrogen-bond acceptors (Lipinski definition) is 3. The summed E-state index contributed by atoms with van der Waals surface area (Å²) in [5.74, 6) is 0.148. The van der Waals surface area contributed by atoms with Gasteiger partial charge in [-0.3, -0.25) is 0 Å². The van der Waals surface area contributed by atoms with Crippen molar-refractivity contribution in [1.82, 2.24) is 9.55 Å². The zero-order chi connectivity index (χ0) is 19.7. The van der Waals surface area contributed by atoms with Gasteiger partial charge in [0.2, 0.25) is 5.95 Å². The minimum Gasteiger partial charge on any atom is -0.497 e. The molecule has 0 radical (unpaired) electrons. The number of halogens is 2. The number of nitrogens with zero attached hydrogens (tertiary/aromatic N) is 2. The van der Waals surface area contributed by atoms with Crippen LogP contribution >= 0.6 is 11.6 Å². The van der Waals surface area contributed by atoms with E-state index < -0.39 is 5.95 Å². The Morgan fingerprint density at radius 3 is 2.64 bits per heavy atom. The number of pyridine rings is 1. The second-order valence-corrected chi connectivity index (χ2v) is 6.82. The van der Waals surface area contributed by atoms with Crippen LogP contribution in [0.5, 0.6) is 5.75 Å². The number of rotatable bonds is 5. The van der Waals surface area contributed by atoms with Crippen LogP contribution in [0.25, 0.3) is 22.0 Å². The Kier molecular flexibility index (Phi) is 5.03. The quantitative estimate of drug-likeness (QED) is 0.480. The van der Waals surface area contributed by atoms with Gasteiger partial charge in [-0.2, -0.15) is 4.39 Å². The van der Waals surface area contributed by atoms with E-state index in [4.69, 9.17) is 16.3 Å². The number of aliphatic hydroxyl groups is 1. The summed E-state index contributed by atoms with van der Waals surface area (Å²) in [6.07, 6.45) is 1.47. The molecule has 0 spiro atoms. The van der Waals surface area contributed by atoms with Crippen LogP contribution in [0.4, 0.5) is 4.39 Å². The second kappa shape index (κ2) is 7.62. The summed E-state index contributed by atoms with van der Waals surface area (Å²) in [6, 6.07) is 16.3. The van der Waals surface area contributed by atoms with Crippen LogP contribution in [0.15, 0.2) is 60.8 Å². The monoisotopic (exact) mass is 396 g/mol. The van der Waals surface area contributed by atoms with Gasteiger partial charge in [-0.25, -0.2) is 4.98 Å². The number of ether oxygens (including phenoxy) is 1. The Morgan fingerprint density at radius 2 is 1.96 bits per heavy atom. The van der Waals surface area contributed by atoms with Crippen molar-refractivity contribution in [3.63, 3.8) is 0 Å². The Balaban J connectivity index is 1.99. The molecular weight excluding hydrogens is 379 g/mol. The number of aromatic nitrogens is 2. The first-order valence-corrected chi connectivity index (χ1v) is 9.15. The van der Waals surface area contributed by atoms with Gasteiger partial charge in [0, 0.05) is 39.8 Å². The van der Waals surface area contributed by atoms with Crippen LogP contribution < -0.4 is 4.74 Å². The highest BCUT2D eigenvalue weighted by atomic mass is 35.5. The molecule has 1 N–H and O–H groups in total. The fourth-order valence-electron chi connectivity index (χ4n) is 3.50. The second-order valence-electron chi connectivity index (χ2n) is 6.41. The summed E-state index contributed by atoms with van der Waals surface area (Å²) in [6.45, 7) is 0.307. The molecule has 0 bridgehead atoms. The van der Waals surface area contributed by atoms with E-state index in [2.05, 4.69) is 4.98 Å². The molecule has 4 rings (SSSR count). The predicted molar refractivity (Wildman–Crippen MR) is 108 cm³/mol. The van der Waals surface area contributed by atoms with E-state index in [1.807, 2.05) is 47.0 Å². The van der Waals surface area contributed by atoms with Crippen LogP contribution in [0.2, 0.25) is 5.02 Å². The maximum absolute atomic E-state index is 13.4. The van der Waals surface area contributed by atoms with Crippen molar-refractivity contribution in [3.8, 4) is 16.9 Å². The van der Waals surface area contributed by atoms with Crippen LogP contribution in [0.1, 0.15) is 11.3 Å². The molecule has 0 aliphatic heterocycles. The van der Waals surface area contributed by atoms with Crippen LogP contribution in [-0.2, 0) is 13.2 Å². The molecule has 0 fully saturated rings. The van der Waals surface area contributed by atoms with Gasteiger partial charge >= 0.3 is 0 Å². The Bertz CT molecular complexity index is 1140. The predicted octanol–water partition coefficient (Wildman–Crippen LogP) is 5.05. The van der Waals surface area contributed by atoms with Gasteiger partial charge in [-0.1, -0.05) is 29.8 Å². The maximum atomic E-state index is 13.4. The lowest BCUT2D eigenvalue weighted by molar-refractivity contribution is 0.273. The highest BCUT2D eigenvalue weighted by Crippen LogP contribution is 2.37. The van der Waals surface area contributed by atoms with Crippen LogP contribution in [0.3, 0.4) is 0 Å². The van der Waals surface area contributed by atoms with Gasteiger partial charge in [0.25, 0.3) is 0 Å². The summed E-state index contributed by atoms with van der Waals surface area (Å²) in [5.41, 5.74) is 4.09. The van der Waals surface area contributed by atoms with Crippen molar-refractivity contribution in [2.75, 3.05) is 7.11 Å². The third kappa shape index (κ3) is 3.23. The van der Waals surface area contributed by atoms with Gasteiger partial charge in [-0.05, 0) is 42.0 Å². The third-order valence-corrected chi connectivity index (χ3v) is 5.20. The summed E-state index contributed by atoms with van der Waals surface area (Å²) >= 11 is 6.36. The third-order valence-electron chi connectivity index (χ3n) is 4.83. The van der Waals surface area contributed by atoms with Crippen molar-refractivity contribution in [2.24, 2.45) is 0 Å². The summed E-state index contributed by atoms with van der Waals surface area (Å²) in [7, 11) is 1.61. The SMILES string of the molecule is COc1ccc2c(c1)c(-c1ccc(F)nc1)c(CO)n2Cc1ccccc1Cl. The fourth-order valence-corrected chi connectivity index (χ4v) is 3.70. The average molecular weight is 397 g/mol. The topological polar surface area (TPSA) is 47.3 Å². The number of fused-ring (bicyclic) bond motifs is 1. The van der Waals surface area contributed by atoms with E-state index in [9.17, 15) is 9.50 Å². The smallest absolute Gasteiger partial charge is 0.212 e. The Hall–Kier alpha value is -2.89. The molecule has 0 saturated heterocycles. The molecule has 4 aromatic rings.